The molecule has 0 saturated heterocycles. The Morgan fingerprint density at radius 3 is 1.60 bits per heavy atom. The van der Waals surface area contributed by atoms with Crippen LogP contribution in [-0.4, -0.2) is 19.1 Å². The van der Waals surface area contributed by atoms with Crippen molar-refractivity contribution in [3.8, 4) is 0 Å². The first kappa shape index (κ1) is 9.57. The average molecular weight is 165 g/mol. The third kappa shape index (κ3) is 2.07. The standard InChI is InChI=1S/C3H2F5O2/c4-2(5,6)3(7,8)10-1-9/h1H2. The molecule has 0 amide bonds. The molecule has 0 aromatic heterocycles. The van der Waals surface area contributed by atoms with Crippen molar-refractivity contribution in [2.24, 2.45) is 0 Å². The summed E-state index contributed by atoms with van der Waals surface area (Å²) >= 11 is 0. The number of ether oxygens (including phenoxy) is 1. The van der Waals surface area contributed by atoms with Gasteiger partial charge in [0.15, 0.2) is 6.79 Å². The maximum Gasteiger partial charge on any atom is 0.483 e. The van der Waals surface area contributed by atoms with Crippen molar-refractivity contribution >= 4 is 0 Å². The molecule has 0 N–H and O–H groups in total. The fraction of sp³-hybridized carbons (Fsp3) is 1.00. The van der Waals surface area contributed by atoms with Crippen LogP contribution in [0.25, 0.3) is 0 Å². The predicted molar refractivity (Wildman–Crippen MR) is 17.6 cm³/mol. The van der Waals surface area contributed by atoms with Crippen LogP contribution in [-0.2, 0) is 9.84 Å². The van der Waals surface area contributed by atoms with E-state index < -0.39 is 19.1 Å². The van der Waals surface area contributed by atoms with Crippen molar-refractivity contribution in [3.05, 3.63) is 0 Å². The van der Waals surface area contributed by atoms with E-state index in [1.165, 1.54) is 0 Å². The van der Waals surface area contributed by atoms with Gasteiger partial charge in [0.1, 0.15) is 0 Å². The summed E-state index contributed by atoms with van der Waals surface area (Å²) in [7, 11) is 0. The Bertz CT molecular complexity index is 108. The molecule has 0 rings (SSSR count). The first-order valence-electron chi connectivity index (χ1n) is 1.98. The highest BCUT2D eigenvalue weighted by Gasteiger charge is 2.59. The van der Waals surface area contributed by atoms with Crippen LogP contribution < -0.4 is 0 Å². The van der Waals surface area contributed by atoms with Gasteiger partial charge in [-0.3, -0.25) is 4.74 Å². The van der Waals surface area contributed by atoms with Crippen LogP contribution in [0.2, 0.25) is 0 Å². The molecule has 0 spiro atoms. The van der Waals surface area contributed by atoms with Gasteiger partial charge < -0.3 is 0 Å². The molecule has 0 bridgehead atoms. The monoisotopic (exact) mass is 165 g/mol. The van der Waals surface area contributed by atoms with Crippen molar-refractivity contribution < 1.29 is 31.8 Å². The van der Waals surface area contributed by atoms with Gasteiger partial charge in [-0.25, -0.2) is 5.11 Å². The van der Waals surface area contributed by atoms with Crippen molar-refractivity contribution in [2.75, 3.05) is 6.79 Å². The zero-order valence-corrected chi connectivity index (χ0v) is 4.41. The number of rotatable bonds is 2. The van der Waals surface area contributed by atoms with Crippen LogP contribution in [0.1, 0.15) is 0 Å². The Hall–Kier alpha value is -0.430. The second-order valence-electron chi connectivity index (χ2n) is 1.28. The maximum absolute atomic E-state index is 11.4. The van der Waals surface area contributed by atoms with Crippen molar-refractivity contribution in [1.29, 1.82) is 0 Å². The summed E-state index contributed by atoms with van der Waals surface area (Å²) in [5.74, 6) is 0. The maximum atomic E-state index is 11.4. The van der Waals surface area contributed by atoms with E-state index in [1.54, 1.807) is 0 Å². The fourth-order valence-electron chi connectivity index (χ4n) is 0.156. The van der Waals surface area contributed by atoms with Crippen molar-refractivity contribution in [2.45, 2.75) is 12.3 Å². The molecule has 61 valence electrons. The fourth-order valence-corrected chi connectivity index (χ4v) is 0.156. The minimum absolute atomic E-state index is 1.92. The predicted octanol–water partition coefficient (Wildman–Crippen LogP) is 1.55. The quantitative estimate of drug-likeness (QED) is 0.450. The molecule has 0 saturated carbocycles. The first-order chi connectivity index (χ1) is 4.31. The van der Waals surface area contributed by atoms with Gasteiger partial charge in [-0.15, -0.1) is 0 Å². The van der Waals surface area contributed by atoms with E-state index in [9.17, 15) is 27.1 Å². The Morgan fingerprint density at radius 1 is 1.10 bits per heavy atom. The molecule has 0 aromatic carbocycles. The molecule has 0 heterocycles. The second kappa shape index (κ2) is 2.67. The van der Waals surface area contributed by atoms with Gasteiger partial charge in [0.2, 0.25) is 0 Å². The van der Waals surface area contributed by atoms with Gasteiger partial charge >= 0.3 is 12.3 Å². The van der Waals surface area contributed by atoms with Crippen LogP contribution in [0.3, 0.4) is 0 Å². The Labute approximate surface area is 52.2 Å². The molecule has 0 atom stereocenters. The van der Waals surface area contributed by atoms with E-state index in [2.05, 4.69) is 4.74 Å². The minimum Gasteiger partial charge on any atom is -0.283 e. The topological polar surface area (TPSA) is 29.1 Å². The zero-order valence-electron chi connectivity index (χ0n) is 4.41. The lowest BCUT2D eigenvalue weighted by Gasteiger charge is -2.16. The lowest BCUT2D eigenvalue weighted by atomic mass is 10.6. The van der Waals surface area contributed by atoms with E-state index in [-0.39, 0.29) is 0 Å². The molecule has 7 heteroatoms. The highest BCUT2D eigenvalue weighted by molar-refractivity contribution is 4.62. The summed E-state index contributed by atoms with van der Waals surface area (Å²) in [4.78, 5) is 0. The SMILES string of the molecule is [O]COC(F)(F)C(F)(F)F. The Balaban J connectivity index is 4.10. The van der Waals surface area contributed by atoms with Gasteiger partial charge in [-0.2, -0.15) is 22.0 Å². The molecule has 0 fully saturated rings. The number of alkyl halides is 5. The summed E-state index contributed by atoms with van der Waals surface area (Å²) in [6, 6.07) is 0. The van der Waals surface area contributed by atoms with Crippen LogP contribution >= 0.6 is 0 Å². The zero-order chi connectivity index (χ0) is 8.41. The number of hydrogen-bond acceptors (Lipinski definition) is 1. The normalized spacial score (nSPS) is 13.8. The number of halogens is 5. The van der Waals surface area contributed by atoms with Gasteiger partial charge in [-0.05, 0) is 0 Å². The molecular formula is C3H2F5O2. The summed E-state index contributed by atoms with van der Waals surface area (Å²) in [5, 5.41) is 9.19. The lowest BCUT2D eigenvalue weighted by molar-refractivity contribution is -0.406. The lowest BCUT2D eigenvalue weighted by Crippen LogP contribution is -2.39. The third-order valence-corrected chi connectivity index (χ3v) is 0.570. The highest BCUT2D eigenvalue weighted by atomic mass is 19.4. The number of hydrogen-bond donors (Lipinski definition) is 0. The van der Waals surface area contributed by atoms with Crippen molar-refractivity contribution in [1.82, 2.24) is 0 Å². The van der Waals surface area contributed by atoms with E-state index in [0.717, 1.165) is 0 Å². The molecular weight excluding hydrogens is 163 g/mol. The van der Waals surface area contributed by atoms with Crippen LogP contribution in [0.4, 0.5) is 22.0 Å². The molecule has 2 nitrogen and oxygen atoms in total. The van der Waals surface area contributed by atoms with Crippen LogP contribution in [0.15, 0.2) is 0 Å². The van der Waals surface area contributed by atoms with Crippen LogP contribution in [0, 0.1) is 0 Å². The summed E-state index contributed by atoms with van der Waals surface area (Å²) < 4.78 is 58.4. The third-order valence-electron chi connectivity index (χ3n) is 0.570. The minimum atomic E-state index is -5.81. The molecule has 0 aliphatic carbocycles. The second-order valence-corrected chi connectivity index (χ2v) is 1.28. The van der Waals surface area contributed by atoms with E-state index in [1.807, 2.05) is 0 Å². The van der Waals surface area contributed by atoms with E-state index >= 15 is 0 Å². The average Bonchev–Trinajstić information content (AvgIpc) is 1.61. The Morgan fingerprint density at radius 2 is 1.50 bits per heavy atom. The Kier molecular flexibility index (Phi) is 2.55. The summed E-state index contributed by atoms with van der Waals surface area (Å²) in [6.45, 7) is -1.92. The first-order valence-corrected chi connectivity index (χ1v) is 1.98. The van der Waals surface area contributed by atoms with Gasteiger partial charge in [0.05, 0.1) is 0 Å². The van der Waals surface area contributed by atoms with Gasteiger partial charge in [0.25, 0.3) is 0 Å². The molecule has 1 radical (unpaired) electrons. The molecule has 10 heavy (non-hydrogen) atoms. The van der Waals surface area contributed by atoms with Crippen molar-refractivity contribution in [3.63, 3.8) is 0 Å². The molecule has 0 unspecified atom stereocenters. The summed E-state index contributed by atoms with van der Waals surface area (Å²) in [6.07, 6.45) is -11.1. The van der Waals surface area contributed by atoms with Gasteiger partial charge in [-0.1, -0.05) is 0 Å². The molecule has 0 aliphatic rings. The molecule has 0 aliphatic heterocycles. The smallest absolute Gasteiger partial charge is 0.283 e. The summed E-state index contributed by atoms with van der Waals surface area (Å²) in [5.41, 5.74) is 0. The largest absolute Gasteiger partial charge is 0.483 e. The van der Waals surface area contributed by atoms with Gasteiger partial charge in [0, 0.05) is 0 Å². The van der Waals surface area contributed by atoms with Crippen LogP contribution in [0.5, 0.6) is 0 Å². The molecule has 0 aromatic rings. The highest BCUT2D eigenvalue weighted by Crippen LogP contribution is 2.35. The van der Waals surface area contributed by atoms with E-state index in [0.29, 0.717) is 0 Å². The van der Waals surface area contributed by atoms with E-state index in [4.69, 9.17) is 0 Å².